The molecule has 0 spiro atoms. The lowest BCUT2D eigenvalue weighted by Crippen LogP contribution is -2.25. The number of halogens is 1. The van der Waals surface area contributed by atoms with Crippen molar-refractivity contribution < 1.29 is 0 Å². The van der Waals surface area contributed by atoms with E-state index in [1.54, 1.807) is 12.3 Å². The first-order chi connectivity index (χ1) is 9.10. The van der Waals surface area contributed by atoms with Crippen molar-refractivity contribution in [3.8, 4) is 0 Å². The monoisotopic (exact) mass is 345 g/mol. The van der Waals surface area contributed by atoms with Gasteiger partial charge in [0.25, 0.3) is 5.56 Å². The molecule has 0 aromatic carbocycles. The maximum absolute atomic E-state index is 12.0. The van der Waals surface area contributed by atoms with E-state index < -0.39 is 0 Å². The zero-order chi connectivity index (χ0) is 14.3. The second-order valence-corrected chi connectivity index (χ2v) is 6.37. The number of rotatable bonds is 8. The average molecular weight is 346 g/mol. The summed E-state index contributed by atoms with van der Waals surface area (Å²) >= 11 is 5.26. The Morgan fingerprint density at radius 2 is 2.42 bits per heavy atom. The van der Waals surface area contributed by atoms with E-state index in [0.717, 1.165) is 23.6 Å². The summed E-state index contributed by atoms with van der Waals surface area (Å²) in [6, 6.07) is 0.312. The first-order valence-electron chi connectivity index (χ1n) is 6.31. The van der Waals surface area contributed by atoms with Crippen molar-refractivity contribution >= 4 is 33.4 Å². The molecule has 1 rings (SSSR count). The van der Waals surface area contributed by atoms with Crippen LogP contribution in [0.1, 0.15) is 20.3 Å². The summed E-state index contributed by atoms with van der Waals surface area (Å²) in [6.07, 6.45) is 4.39. The highest BCUT2D eigenvalue weighted by Gasteiger charge is 2.10. The third-order valence-electron chi connectivity index (χ3n) is 2.59. The van der Waals surface area contributed by atoms with Gasteiger partial charge < -0.3 is 5.32 Å². The molecule has 0 radical (unpaired) electrons. The van der Waals surface area contributed by atoms with Crippen molar-refractivity contribution in [3.63, 3.8) is 0 Å². The van der Waals surface area contributed by atoms with Gasteiger partial charge in [0.2, 0.25) is 0 Å². The number of allylic oxidation sites excluding steroid dienone is 1. The third kappa shape index (κ3) is 5.03. The summed E-state index contributed by atoms with van der Waals surface area (Å²) < 4.78 is 1.90. The minimum absolute atomic E-state index is 0.139. The van der Waals surface area contributed by atoms with Crippen LogP contribution < -0.4 is 10.9 Å². The Balaban J connectivity index is 2.71. The van der Waals surface area contributed by atoms with Crippen molar-refractivity contribution in [2.75, 3.05) is 16.8 Å². The molecule has 0 bridgehead atoms. The molecule has 1 aromatic rings. The maximum atomic E-state index is 12.0. The second kappa shape index (κ2) is 8.43. The first-order valence-corrected chi connectivity index (χ1v) is 8.25. The fourth-order valence-electron chi connectivity index (χ4n) is 1.56. The highest BCUT2D eigenvalue weighted by atomic mass is 79.9. The van der Waals surface area contributed by atoms with Crippen LogP contribution in [0.15, 0.2) is 28.1 Å². The highest BCUT2D eigenvalue weighted by Crippen LogP contribution is 2.18. The number of nitrogens with zero attached hydrogens (tertiary/aromatic N) is 2. The summed E-state index contributed by atoms with van der Waals surface area (Å²) in [6.45, 7) is 8.29. The number of hydrogen-bond donors (Lipinski definition) is 1. The summed E-state index contributed by atoms with van der Waals surface area (Å²) in [7, 11) is 0. The summed E-state index contributed by atoms with van der Waals surface area (Å²) in [5.41, 5.74) is 0.611. The van der Waals surface area contributed by atoms with Crippen molar-refractivity contribution in [2.45, 2.75) is 32.9 Å². The molecule has 0 aliphatic carbocycles. The normalized spacial score (nSPS) is 12.2. The topological polar surface area (TPSA) is 46.9 Å². The Morgan fingerprint density at radius 1 is 1.68 bits per heavy atom. The molecule has 0 saturated heterocycles. The number of anilines is 1. The van der Waals surface area contributed by atoms with Crippen LogP contribution in [0.25, 0.3) is 0 Å². The largest absolute Gasteiger partial charge is 0.380 e. The third-order valence-corrected chi connectivity index (χ3v) is 4.29. The predicted molar refractivity (Wildman–Crippen MR) is 87.1 cm³/mol. The first kappa shape index (κ1) is 16.3. The van der Waals surface area contributed by atoms with E-state index in [4.69, 9.17) is 0 Å². The van der Waals surface area contributed by atoms with E-state index in [2.05, 4.69) is 46.8 Å². The lowest BCUT2D eigenvalue weighted by Gasteiger charge is -2.16. The van der Waals surface area contributed by atoms with E-state index in [0.29, 0.717) is 17.1 Å². The van der Waals surface area contributed by atoms with Gasteiger partial charge in [-0.25, -0.2) is 4.68 Å². The fraction of sp³-hybridized carbons (Fsp3) is 0.538. The van der Waals surface area contributed by atoms with Gasteiger partial charge in [-0.3, -0.25) is 4.79 Å². The standard InChI is InChI=1S/C13H20BrN3OS/c1-4-7-17-13(18)12(14)11(9-15-17)16-10(3)6-8-19-5-2/h4,9-10,16H,1,5-8H2,2-3H3. The Hall–Kier alpha value is -0.750. The van der Waals surface area contributed by atoms with Crippen LogP contribution in [0.2, 0.25) is 0 Å². The van der Waals surface area contributed by atoms with Crippen LogP contribution >= 0.6 is 27.7 Å². The molecule has 1 unspecified atom stereocenters. The van der Waals surface area contributed by atoms with E-state index in [1.807, 2.05) is 11.8 Å². The smallest absolute Gasteiger partial charge is 0.283 e. The van der Waals surface area contributed by atoms with Gasteiger partial charge >= 0.3 is 0 Å². The van der Waals surface area contributed by atoms with E-state index >= 15 is 0 Å². The van der Waals surface area contributed by atoms with Gasteiger partial charge in [0.15, 0.2) is 0 Å². The van der Waals surface area contributed by atoms with Crippen LogP contribution in [0.4, 0.5) is 5.69 Å². The van der Waals surface area contributed by atoms with Gasteiger partial charge in [-0.2, -0.15) is 16.9 Å². The molecule has 4 nitrogen and oxygen atoms in total. The summed E-state index contributed by atoms with van der Waals surface area (Å²) in [5, 5.41) is 7.43. The molecule has 0 saturated carbocycles. The average Bonchev–Trinajstić information content (AvgIpc) is 2.39. The minimum Gasteiger partial charge on any atom is -0.380 e. The highest BCUT2D eigenvalue weighted by molar-refractivity contribution is 9.10. The van der Waals surface area contributed by atoms with E-state index in [9.17, 15) is 4.79 Å². The van der Waals surface area contributed by atoms with Crippen LogP contribution in [0, 0.1) is 0 Å². The molecule has 1 atom stereocenters. The van der Waals surface area contributed by atoms with E-state index in [-0.39, 0.29) is 5.56 Å². The SMILES string of the molecule is C=CCn1ncc(NC(C)CCSCC)c(Br)c1=O. The van der Waals surface area contributed by atoms with Gasteiger partial charge in [-0.1, -0.05) is 13.0 Å². The minimum atomic E-state index is -0.139. The molecule has 6 heteroatoms. The van der Waals surface area contributed by atoms with Crippen molar-refractivity contribution in [3.05, 3.63) is 33.7 Å². The van der Waals surface area contributed by atoms with Gasteiger partial charge in [-0.05, 0) is 40.8 Å². The van der Waals surface area contributed by atoms with Crippen molar-refractivity contribution in [1.29, 1.82) is 0 Å². The summed E-state index contributed by atoms with van der Waals surface area (Å²) in [5.74, 6) is 2.25. The van der Waals surface area contributed by atoms with Crippen LogP contribution in [-0.4, -0.2) is 27.3 Å². The zero-order valence-corrected chi connectivity index (χ0v) is 13.8. The fourth-order valence-corrected chi connectivity index (χ4v) is 2.79. The Labute approximate surface area is 126 Å². The Morgan fingerprint density at radius 3 is 3.05 bits per heavy atom. The summed E-state index contributed by atoms with van der Waals surface area (Å²) in [4.78, 5) is 12.0. The quantitative estimate of drug-likeness (QED) is 0.580. The van der Waals surface area contributed by atoms with Gasteiger partial charge in [0.1, 0.15) is 4.47 Å². The molecule has 19 heavy (non-hydrogen) atoms. The second-order valence-electron chi connectivity index (χ2n) is 4.18. The number of aromatic nitrogens is 2. The lowest BCUT2D eigenvalue weighted by molar-refractivity contribution is 0.646. The molecule has 0 aliphatic heterocycles. The molecule has 0 aliphatic rings. The van der Waals surface area contributed by atoms with Crippen molar-refractivity contribution in [2.24, 2.45) is 0 Å². The molecule has 0 amide bonds. The van der Waals surface area contributed by atoms with Gasteiger partial charge in [0, 0.05) is 6.04 Å². The zero-order valence-electron chi connectivity index (χ0n) is 11.4. The molecule has 1 N–H and O–H groups in total. The Bertz CT molecular complexity index is 475. The predicted octanol–water partition coefficient (Wildman–Crippen LogP) is 3.14. The molecule has 1 aromatic heterocycles. The van der Waals surface area contributed by atoms with Gasteiger partial charge in [-0.15, -0.1) is 6.58 Å². The molecule has 1 heterocycles. The van der Waals surface area contributed by atoms with Crippen LogP contribution in [0.3, 0.4) is 0 Å². The number of nitrogens with one attached hydrogen (secondary N) is 1. The molecular weight excluding hydrogens is 326 g/mol. The molecule has 0 fully saturated rings. The Kier molecular flexibility index (Phi) is 7.23. The maximum Gasteiger partial charge on any atom is 0.283 e. The van der Waals surface area contributed by atoms with Gasteiger partial charge in [0.05, 0.1) is 18.4 Å². The van der Waals surface area contributed by atoms with Crippen molar-refractivity contribution in [1.82, 2.24) is 9.78 Å². The van der Waals surface area contributed by atoms with Crippen LogP contribution in [0.5, 0.6) is 0 Å². The lowest BCUT2D eigenvalue weighted by atomic mass is 10.2. The van der Waals surface area contributed by atoms with Crippen LogP contribution in [-0.2, 0) is 6.54 Å². The number of hydrogen-bond acceptors (Lipinski definition) is 4. The molecular formula is C13H20BrN3OS. The number of thioether (sulfide) groups is 1. The molecule has 106 valence electrons. The van der Waals surface area contributed by atoms with E-state index in [1.165, 1.54) is 4.68 Å².